The van der Waals surface area contributed by atoms with Crippen LogP contribution in [0.5, 0.6) is 0 Å². The van der Waals surface area contributed by atoms with Gasteiger partial charge in [0.1, 0.15) is 0 Å². The third kappa shape index (κ3) is 3.93. The average molecular weight is 307 g/mol. The number of carbonyl (C=O) groups excluding carboxylic acids is 1. The maximum atomic E-state index is 11.9. The number of rotatable bonds is 4. The van der Waals surface area contributed by atoms with Crippen LogP contribution in [-0.4, -0.2) is 35.2 Å². The van der Waals surface area contributed by atoms with Crippen LogP contribution >= 0.6 is 0 Å². The standard InChI is InChI=1S/C17H30BNO3/c1-14(20)19(15-10-7-6-8-11-15)13-9-12-18-21-16(2,3)17(4,5)22-18/h9,13,15H,6-8,10-12H2,1-5H3/b13-9+. The Morgan fingerprint density at radius 3 is 2.18 bits per heavy atom. The highest BCUT2D eigenvalue weighted by Crippen LogP contribution is 2.37. The summed E-state index contributed by atoms with van der Waals surface area (Å²) in [6.07, 6.45) is 10.6. The lowest BCUT2D eigenvalue weighted by atomic mass is 9.85. The van der Waals surface area contributed by atoms with Crippen molar-refractivity contribution in [2.75, 3.05) is 0 Å². The van der Waals surface area contributed by atoms with Crippen LogP contribution in [0.25, 0.3) is 0 Å². The van der Waals surface area contributed by atoms with Gasteiger partial charge in [-0.2, -0.15) is 0 Å². The summed E-state index contributed by atoms with van der Waals surface area (Å²) >= 11 is 0. The lowest BCUT2D eigenvalue weighted by Gasteiger charge is -2.32. The molecular weight excluding hydrogens is 277 g/mol. The van der Waals surface area contributed by atoms with E-state index in [0.717, 1.165) is 12.8 Å². The molecular formula is C17H30BNO3. The first kappa shape index (κ1) is 17.5. The summed E-state index contributed by atoms with van der Waals surface area (Å²) in [7, 11) is -0.235. The van der Waals surface area contributed by atoms with Gasteiger partial charge in [0, 0.05) is 25.5 Å². The number of carbonyl (C=O) groups is 1. The van der Waals surface area contributed by atoms with Crippen LogP contribution in [0.2, 0.25) is 6.32 Å². The molecule has 124 valence electrons. The molecule has 1 heterocycles. The molecule has 1 saturated carbocycles. The van der Waals surface area contributed by atoms with Crippen molar-refractivity contribution in [2.24, 2.45) is 0 Å². The highest BCUT2D eigenvalue weighted by Gasteiger charge is 2.50. The molecule has 1 aliphatic heterocycles. The molecule has 2 rings (SSSR count). The van der Waals surface area contributed by atoms with E-state index in [-0.39, 0.29) is 24.2 Å². The monoisotopic (exact) mass is 307 g/mol. The summed E-state index contributed by atoms with van der Waals surface area (Å²) in [5.41, 5.74) is -0.593. The zero-order valence-corrected chi connectivity index (χ0v) is 14.7. The first-order valence-corrected chi connectivity index (χ1v) is 8.54. The molecule has 2 aliphatic rings. The smallest absolute Gasteiger partial charge is 0.403 e. The van der Waals surface area contributed by atoms with Crippen molar-refractivity contribution < 1.29 is 14.1 Å². The van der Waals surface area contributed by atoms with Crippen molar-refractivity contribution in [1.82, 2.24) is 4.90 Å². The number of allylic oxidation sites excluding steroid dienone is 1. The first-order valence-electron chi connectivity index (χ1n) is 8.54. The minimum Gasteiger partial charge on any atom is -0.403 e. The second kappa shape index (κ2) is 6.75. The van der Waals surface area contributed by atoms with Gasteiger partial charge in [-0.05, 0) is 40.5 Å². The molecule has 0 spiro atoms. The highest BCUT2D eigenvalue weighted by atomic mass is 16.7. The molecule has 1 amide bonds. The van der Waals surface area contributed by atoms with E-state index in [1.54, 1.807) is 6.92 Å². The van der Waals surface area contributed by atoms with Crippen molar-refractivity contribution in [3.05, 3.63) is 12.3 Å². The van der Waals surface area contributed by atoms with Crippen molar-refractivity contribution in [3.63, 3.8) is 0 Å². The first-order chi connectivity index (χ1) is 10.2. The summed E-state index contributed by atoms with van der Waals surface area (Å²) in [5, 5.41) is 0. The van der Waals surface area contributed by atoms with Crippen molar-refractivity contribution >= 4 is 13.0 Å². The number of nitrogens with zero attached hydrogens (tertiary/aromatic N) is 1. The van der Waals surface area contributed by atoms with Crippen LogP contribution in [-0.2, 0) is 14.1 Å². The normalized spacial score (nSPS) is 24.9. The summed E-state index contributed by atoms with van der Waals surface area (Å²) in [6, 6.07) is 0.362. The zero-order chi connectivity index (χ0) is 16.4. The van der Waals surface area contributed by atoms with E-state index in [2.05, 4.69) is 27.7 Å². The Bertz CT molecular complexity index is 412. The van der Waals surface area contributed by atoms with E-state index in [4.69, 9.17) is 9.31 Å². The van der Waals surface area contributed by atoms with E-state index in [1.807, 2.05) is 17.2 Å². The Morgan fingerprint density at radius 1 is 1.14 bits per heavy atom. The topological polar surface area (TPSA) is 38.8 Å². The van der Waals surface area contributed by atoms with E-state index in [1.165, 1.54) is 19.3 Å². The van der Waals surface area contributed by atoms with Gasteiger partial charge >= 0.3 is 7.12 Å². The average Bonchev–Trinajstić information content (AvgIpc) is 2.63. The predicted octanol–water partition coefficient (Wildman–Crippen LogP) is 3.77. The molecule has 0 aromatic heterocycles. The molecule has 22 heavy (non-hydrogen) atoms. The second-order valence-corrected chi connectivity index (χ2v) is 7.52. The summed E-state index contributed by atoms with van der Waals surface area (Å²) in [5.74, 6) is 0.122. The number of hydrogen-bond acceptors (Lipinski definition) is 3. The van der Waals surface area contributed by atoms with Gasteiger partial charge < -0.3 is 14.2 Å². The molecule has 1 aliphatic carbocycles. The number of hydrogen-bond donors (Lipinski definition) is 0. The Hall–Kier alpha value is -0.805. The summed E-state index contributed by atoms with van der Waals surface area (Å²) < 4.78 is 11.9. The van der Waals surface area contributed by atoms with Gasteiger partial charge in [-0.25, -0.2) is 0 Å². The minimum atomic E-state index is -0.296. The predicted molar refractivity (Wildman–Crippen MR) is 89.4 cm³/mol. The third-order valence-corrected chi connectivity index (χ3v) is 5.23. The van der Waals surface area contributed by atoms with Gasteiger partial charge in [0.15, 0.2) is 0 Å². The highest BCUT2D eigenvalue weighted by molar-refractivity contribution is 6.46. The molecule has 0 radical (unpaired) electrons. The molecule has 4 nitrogen and oxygen atoms in total. The van der Waals surface area contributed by atoms with E-state index in [0.29, 0.717) is 12.4 Å². The third-order valence-electron chi connectivity index (χ3n) is 5.23. The minimum absolute atomic E-state index is 0.122. The Kier molecular flexibility index (Phi) is 5.39. The Labute approximate surface area is 135 Å². The molecule has 0 aromatic carbocycles. The molecule has 0 N–H and O–H groups in total. The van der Waals surface area contributed by atoms with Gasteiger partial charge in [0.2, 0.25) is 5.91 Å². The van der Waals surface area contributed by atoms with Crippen molar-refractivity contribution in [3.8, 4) is 0 Å². The van der Waals surface area contributed by atoms with Crippen LogP contribution in [0.15, 0.2) is 12.3 Å². The second-order valence-electron chi connectivity index (χ2n) is 7.52. The maximum absolute atomic E-state index is 11.9. The molecule has 1 saturated heterocycles. The Morgan fingerprint density at radius 2 is 1.68 bits per heavy atom. The van der Waals surface area contributed by atoms with Crippen molar-refractivity contribution in [2.45, 2.75) is 90.3 Å². The lowest BCUT2D eigenvalue weighted by Crippen LogP contribution is -2.41. The summed E-state index contributed by atoms with van der Waals surface area (Å²) in [4.78, 5) is 13.8. The van der Waals surface area contributed by atoms with Crippen LogP contribution in [0.4, 0.5) is 0 Å². The fraction of sp³-hybridized carbons (Fsp3) is 0.824. The van der Waals surface area contributed by atoms with Gasteiger partial charge in [0.05, 0.1) is 11.2 Å². The van der Waals surface area contributed by atoms with Gasteiger partial charge in [-0.3, -0.25) is 4.79 Å². The fourth-order valence-electron chi connectivity index (χ4n) is 3.19. The van der Waals surface area contributed by atoms with E-state index >= 15 is 0 Å². The SMILES string of the molecule is CC(=O)N(/C=C/CB1OC(C)(C)C(C)(C)O1)C1CCCCC1. The number of amides is 1. The molecule has 0 unspecified atom stereocenters. The van der Waals surface area contributed by atoms with Gasteiger partial charge in [0.25, 0.3) is 0 Å². The largest absolute Gasteiger partial charge is 0.461 e. The molecule has 0 bridgehead atoms. The van der Waals surface area contributed by atoms with Crippen LogP contribution < -0.4 is 0 Å². The van der Waals surface area contributed by atoms with Crippen LogP contribution in [0, 0.1) is 0 Å². The van der Waals surface area contributed by atoms with E-state index in [9.17, 15) is 4.79 Å². The Balaban J connectivity index is 1.91. The molecule has 5 heteroatoms. The maximum Gasteiger partial charge on any atom is 0.461 e. The summed E-state index contributed by atoms with van der Waals surface area (Å²) in [6.45, 7) is 9.87. The lowest BCUT2D eigenvalue weighted by molar-refractivity contribution is -0.128. The van der Waals surface area contributed by atoms with Crippen LogP contribution in [0.3, 0.4) is 0 Å². The molecule has 2 fully saturated rings. The molecule has 0 aromatic rings. The van der Waals surface area contributed by atoms with Gasteiger partial charge in [-0.1, -0.05) is 25.3 Å². The van der Waals surface area contributed by atoms with Crippen molar-refractivity contribution in [1.29, 1.82) is 0 Å². The van der Waals surface area contributed by atoms with Gasteiger partial charge in [-0.15, -0.1) is 0 Å². The zero-order valence-electron chi connectivity index (χ0n) is 14.7. The quantitative estimate of drug-likeness (QED) is 0.742. The fourth-order valence-corrected chi connectivity index (χ4v) is 3.19. The van der Waals surface area contributed by atoms with Crippen LogP contribution in [0.1, 0.15) is 66.7 Å². The van der Waals surface area contributed by atoms with E-state index < -0.39 is 0 Å². The molecule has 0 atom stereocenters.